The Labute approximate surface area is 181 Å². The van der Waals surface area contributed by atoms with Gasteiger partial charge in [0, 0.05) is 26.3 Å². The average Bonchev–Trinajstić information content (AvgIpc) is 2.77. The van der Waals surface area contributed by atoms with Crippen LogP contribution in [0.2, 0.25) is 0 Å². The molecule has 0 amide bonds. The van der Waals surface area contributed by atoms with E-state index in [9.17, 15) is 10.4 Å². The van der Waals surface area contributed by atoms with Crippen LogP contribution in [0.3, 0.4) is 0 Å². The number of anilines is 1. The Bertz CT molecular complexity index is 958. The first-order chi connectivity index (χ1) is 14.9. The fourth-order valence-electron chi connectivity index (χ4n) is 3.73. The highest BCUT2D eigenvalue weighted by Gasteiger charge is 2.52. The monoisotopic (exact) mass is 425 g/mol. The van der Waals surface area contributed by atoms with E-state index < -0.39 is 24.0 Å². The maximum atomic E-state index is 11.3. The van der Waals surface area contributed by atoms with Gasteiger partial charge in [0.1, 0.15) is 11.9 Å². The number of methoxy groups -OCH3 is 2. The standard InChI is InChI=1S/C22H27N5O4/c1-22(20(29-2)30-3)19(28)17(15-10-7-11-16(24)18(15)31-22)27-21(26-13-23)25-12-14-8-5-4-6-9-14/h4-11,17,19-20,28H,12,24H2,1-3H3,(H2,25,26,27)/t17-,19+,22+/m1/s1. The normalized spacial score (nSPS) is 22.9. The van der Waals surface area contributed by atoms with Gasteiger partial charge in [-0.1, -0.05) is 42.5 Å². The topological polar surface area (TPSA) is 134 Å². The van der Waals surface area contributed by atoms with Crippen LogP contribution in [0.5, 0.6) is 5.75 Å². The Morgan fingerprint density at radius 1 is 1.26 bits per heavy atom. The van der Waals surface area contributed by atoms with E-state index in [0.717, 1.165) is 5.56 Å². The number of rotatable bonds is 6. The van der Waals surface area contributed by atoms with Gasteiger partial charge in [-0.15, -0.1) is 4.99 Å². The fourth-order valence-corrected chi connectivity index (χ4v) is 3.73. The van der Waals surface area contributed by atoms with Crippen molar-refractivity contribution in [1.82, 2.24) is 10.6 Å². The van der Waals surface area contributed by atoms with Crippen LogP contribution in [0.25, 0.3) is 0 Å². The molecule has 2 aromatic rings. The SMILES string of the molecule is COC(OC)[C@@]1(C)Oc2c(N)cccc2[C@@H](NC(=NC#N)NCc2ccccc2)[C@@H]1O. The number of nitrogens with zero attached hydrogens (tertiary/aromatic N) is 2. The number of guanidine groups is 1. The molecule has 0 radical (unpaired) electrons. The number of aliphatic hydroxyl groups is 1. The van der Waals surface area contributed by atoms with E-state index in [1.165, 1.54) is 14.2 Å². The fraction of sp³-hybridized carbons (Fsp3) is 0.364. The summed E-state index contributed by atoms with van der Waals surface area (Å²) in [6.45, 7) is 2.12. The first kappa shape index (κ1) is 22.4. The second-order valence-corrected chi connectivity index (χ2v) is 7.32. The van der Waals surface area contributed by atoms with Crippen LogP contribution >= 0.6 is 0 Å². The van der Waals surface area contributed by atoms with Gasteiger partial charge in [0.15, 0.2) is 11.9 Å². The summed E-state index contributed by atoms with van der Waals surface area (Å²) < 4.78 is 16.9. The molecule has 9 heteroatoms. The van der Waals surface area contributed by atoms with E-state index in [1.807, 2.05) is 30.3 Å². The summed E-state index contributed by atoms with van der Waals surface area (Å²) in [5, 5.41) is 26.7. The van der Waals surface area contributed by atoms with Crippen LogP contribution < -0.4 is 21.1 Å². The molecule has 1 heterocycles. The van der Waals surface area contributed by atoms with E-state index in [0.29, 0.717) is 23.5 Å². The minimum atomic E-state index is -1.29. The molecule has 1 aliphatic heterocycles. The molecule has 0 bridgehead atoms. The van der Waals surface area contributed by atoms with Gasteiger partial charge in [0.2, 0.25) is 12.2 Å². The molecule has 0 aromatic heterocycles. The Kier molecular flexibility index (Phi) is 6.97. The van der Waals surface area contributed by atoms with Gasteiger partial charge >= 0.3 is 0 Å². The highest BCUT2D eigenvalue weighted by molar-refractivity contribution is 5.81. The zero-order valence-corrected chi connectivity index (χ0v) is 17.7. The summed E-state index contributed by atoms with van der Waals surface area (Å²) in [6, 6.07) is 14.2. The van der Waals surface area contributed by atoms with E-state index in [4.69, 9.17) is 19.9 Å². The number of fused-ring (bicyclic) bond motifs is 1. The summed E-state index contributed by atoms with van der Waals surface area (Å²) in [7, 11) is 2.93. The number of nitrogens with one attached hydrogen (secondary N) is 2. The summed E-state index contributed by atoms with van der Waals surface area (Å²) in [5.41, 5.74) is 6.92. The van der Waals surface area contributed by atoms with Crippen molar-refractivity contribution < 1.29 is 19.3 Å². The third kappa shape index (κ3) is 4.56. The summed E-state index contributed by atoms with van der Waals surface area (Å²) >= 11 is 0. The first-order valence-electron chi connectivity index (χ1n) is 9.76. The molecule has 9 nitrogen and oxygen atoms in total. The first-order valence-corrected chi connectivity index (χ1v) is 9.76. The molecule has 0 aliphatic carbocycles. The van der Waals surface area contributed by atoms with Crippen LogP contribution in [-0.2, 0) is 16.0 Å². The molecule has 3 rings (SSSR count). The molecule has 0 unspecified atom stereocenters. The molecule has 0 fully saturated rings. The number of hydrogen-bond donors (Lipinski definition) is 4. The molecular formula is C22H27N5O4. The van der Waals surface area contributed by atoms with Gasteiger partial charge in [-0.3, -0.25) is 0 Å². The molecule has 31 heavy (non-hydrogen) atoms. The third-order valence-corrected chi connectivity index (χ3v) is 5.29. The van der Waals surface area contributed by atoms with Gasteiger partial charge in [0.05, 0.1) is 11.7 Å². The Balaban J connectivity index is 1.94. The molecule has 1 aliphatic rings. The zero-order chi connectivity index (χ0) is 22.4. The molecule has 0 saturated carbocycles. The third-order valence-electron chi connectivity index (χ3n) is 5.29. The Morgan fingerprint density at radius 3 is 2.61 bits per heavy atom. The van der Waals surface area contributed by atoms with Crippen molar-refractivity contribution in [1.29, 1.82) is 5.26 Å². The Hall–Kier alpha value is -3.32. The lowest BCUT2D eigenvalue weighted by Gasteiger charge is -2.47. The van der Waals surface area contributed by atoms with Crippen molar-refractivity contribution >= 4 is 11.6 Å². The van der Waals surface area contributed by atoms with E-state index in [2.05, 4.69) is 15.6 Å². The van der Waals surface area contributed by atoms with E-state index >= 15 is 0 Å². The number of nitrogens with two attached hydrogens (primary N) is 1. The number of aliphatic hydroxyl groups excluding tert-OH is 1. The highest BCUT2D eigenvalue weighted by Crippen LogP contribution is 2.44. The quantitative estimate of drug-likeness (QED) is 0.180. The van der Waals surface area contributed by atoms with E-state index in [-0.39, 0.29) is 5.96 Å². The molecule has 3 atom stereocenters. The number of nitriles is 1. The van der Waals surface area contributed by atoms with Crippen molar-refractivity contribution in [3.8, 4) is 11.9 Å². The lowest BCUT2D eigenvalue weighted by Crippen LogP contribution is -2.62. The van der Waals surface area contributed by atoms with Gasteiger partial charge in [0.25, 0.3) is 0 Å². The number of hydrogen-bond acceptors (Lipinski definition) is 7. The second-order valence-electron chi connectivity index (χ2n) is 7.32. The van der Waals surface area contributed by atoms with Gasteiger partial charge in [-0.2, -0.15) is 5.26 Å². The van der Waals surface area contributed by atoms with Crippen molar-refractivity contribution in [3.63, 3.8) is 0 Å². The van der Waals surface area contributed by atoms with Crippen LogP contribution in [0, 0.1) is 11.5 Å². The van der Waals surface area contributed by atoms with Gasteiger partial charge in [-0.25, -0.2) is 0 Å². The Morgan fingerprint density at radius 2 is 1.97 bits per heavy atom. The van der Waals surface area contributed by atoms with Crippen LogP contribution in [0.1, 0.15) is 24.1 Å². The van der Waals surface area contributed by atoms with Gasteiger partial charge < -0.3 is 35.7 Å². The van der Waals surface area contributed by atoms with E-state index in [1.54, 1.807) is 31.3 Å². The predicted molar refractivity (Wildman–Crippen MR) is 116 cm³/mol. The minimum absolute atomic E-state index is 0.208. The maximum absolute atomic E-state index is 11.3. The molecular weight excluding hydrogens is 398 g/mol. The molecule has 0 saturated heterocycles. The van der Waals surface area contributed by atoms with Crippen molar-refractivity contribution in [2.45, 2.75) is 37.5 Å². The molecule has 164 valence electrons. The number of nitrogen functional groups attached to an aromatic ring is 1. The molecule has 2 aromatic carbocycles. The lowest BCUT2D eigenvalue weighted by molar-refractivity contribution is -0.238. The van der Waals surface area contributed by atoms with Crippen molar-refractivity contribution in [2.75, 3.05) is 20.0 Å². The van der Waals surface area contributed by atoms with Gasteiger partial charge in [-0.05, 0) is 18.6 Å². The van der Waals surface area contributed by atoms with Crippen molar-refractivity contribution in [2.24, 2.45) is 4.99 Å². The number of benzene rings is 2. The average molecular weight is 425 g/mol. The maximum Gasteiger partial charge on any atom is 0.209 e. The molecule has 0 spiro atoms. The molecule has 5 N–H and O–H groups in total. The minimum Gasteiger partial charge on any atom is -0.477 e. The summed E-state index contributed by atoms with van der Waals surface area (Å²) in [6.07, 6.45) is -0.226. The van der Waals surface area contributed by atoms with Crippen LogP contribution in [0.4, 0.5) is 5.69 Å². The largest absolute Gasteiger partial charge is 0.477 e. The van der Waals surface area contributed by atoms with Crippen LogP contribution in [-0.4, -0.2) is 43.3 Å². The summed E-state index contributed by atoms with van der Waals surface area (Å²) in [4.78, 5) is 3.85. The number of ether oxygens (including phenoxy) is 3. The predicted octanol–water partition coefficient (Wildman–Crippen LogP) is 1.66. The highest BCUT2D eigenvalue weighted by atomic mass is 16.7. The van der Waals surface area contributed by atoms with Crippen molar-refractivity contribution in [3.05, 3.63) is 59.7 Å². The second kappa shape index (κ2) is 9.66. The summed E-state index contributed by atoms with van der Waals surface area (Å²) in [5.74, 6) is 0.616. The lowest BCUT2D eigenvalue weighted by atomic mass is 9.84. The smallest absolute Gasteiger partial charge is 0.209 e. The number of para-hydroxylation sites is 1. The van der Waals surface area contributed by atoms with Crippen LogP contribution in [0.15, 0.2) is 53.5 Å². The zero-order valence-electron chi connectivity index (χ0n) is 17.7. The number of aliphatic imine (C=N–C) groups is 1.